The van der Waals surface area contributed by atoms with Gasteiger partial charge in [0, 0.05) is 15.4 Å². The normalized spacial score (nSPS) is 12.4. The molecule has 0 aliphatic heterocycles. The lowest BCUT2D eigenvalue weighted by atomic mass is 10.3. The van der Waals surface area contributed by atoms with Gasteiger partial charge >= 0.3 is 0 Å². The molecule has 4 nitrogen and oxygen atoms in total. The number of carbonyl (C=O) groups is 1. The van der Waals surface area contributed by atoms with Crippen molar-refractivity contribution in [3.63, 3.8) is 0 Å². The van der Waals surface area contributed by atoms with Crippen LogP contribution < -0.4 is 5.32 Å². The molecule has 0 fully saturated rings. The van der Waals surface area contributed by atoms with Crippen LogP contribution in [-0.4, -0.2) is 16.2 Å². The van der Waals surface area contributed by atoms with E-state index in [9.17, 15) is 9.00 Å². The van der Waals surface area contributed by atoms with Gasteiger partial charge in [-0.15, -0.1) is 0 Å². The largest absolute Gasteiger partial charge is 0.455 e. The first-order chi connectivity index (χ1) is 9.95. The standard InChI is InChI=1S/C15H16BrNO3S/c1-10(2)17-15(18)14-8-5-12(20-14)9-21(19)13-6-3-11(16)4-7-13/h3-8,10H,9H2,1-2H3,(H,17,18)/t21-/m0/s1. The summed E-state index contributed by atoms with van der Waals surface area (Å²) >= 11 is 3.34. The van der Waals surface area contributed by atoms with E-state index in [1.165, 1.54) is 0 Å². The second kappa shape index (κ2) is 7.04. The van der Waals surface area contributed by atoms with Crippen LogP contribution in [0.15, 0.2) is 50.2 Å². The predicted octanol–water partition coefficient (Wildman–Crippen LogP) is 3.49. The Morgan fingerprint density at radius 1 is 1.24 bits per heavy atom. The average Bonchev–Trinajstić information content (AvgIpc) is 2.87. The lowest BCUT2D eigenvalue weighted by Gasteiger charge is -2.05. The molecule has 112 valence electrons. The Morgan fingerprint density at radius 3 is 2.52 bits per heavy atom. The van der Waals surface area contributed by atoms with Crippen LogP contribution in [0.1, 0.15) is 30.2 Å². The summed E-state index contributed by atoms with van der Waals surface area (Å²) in [6, 6.07) is 10.6. The molecular weight excluding hydrogens is 354 g/mol. The summed E-state index contributed by atoms with van der Waals surface area (Å²) in [5, 5.41) is 2.75. The molecule has 1 aromatic heterocycles. The second-order valence-corrected chi connectivity index (χ2v) is 7.20. The summed E-state index contributed by atoms with van der Waals surface area (Å²) in [5.41, 5.74) is 0. The van der Waals surface area contributed by atoms with Gasteiger partial charge in [-0.25, -0.2) is 0 Å². The van der Waals surface area contributed by atoms with E-state index in [2.05, 4.69) is 21.2 Å². The van der Waals surface area contributed by atoms with Crippen molar-refractivity contribution in [2.45, 2.75) is 30.5 Å². The fraction of sp³-hybridized carbons (Fsp3) is 0.267. The van der Waals surface area contributed by atoms with Gasteiger partial charge in [-0.3, -0.25) is 9.00 Å². The third-order valence-corrected chi connectivity index (χ3v) is 4.53. The monoisotopic (exact) mass is 369 g/mol. The van der Waals surface area contributed by atoms with Crippen LogP contribution in [0.2, 0.25) is 0 Å². The minimum atomic E-state index is -1.20. The zero-order valence-electron chi connectivity index (χ0n) is 11.8. The Hall–Kier alpha value is -1.40. The van der Waals surface area contributed by atoms with Crippen LogP contribution in [0.4, 0.5) is 0 Å². The van der Waals surface area contributed by atoms with Crippen molar-refractivity contribution in [3.8, 4) is 0 Å². The molecule has 1 heterocycles. The third kappa shape index (κ3) is 4.54. The van der Waals surface area contributed by atoms with Gasteiger partial charge < -0.3 is 9.73 Å². The SMILES string of the molecule is CC(C)NC(=O)c1ccc(C[S@](=O)c2ccc(Br)cc2)o1. The molecule has 1 N–H and O–H groups in total. The lowest BCUT2D eigenvalue weighted by Crippen LogP contribution is -2.29. The summed E-state index contributed by atoms with van der Waals surface area (Å²) in [6.07, 6.45) is 0. The van der Waals surface area contributed by atoms with E-state index < -0.39 is 10.8 Å². The maximum atomic E-state index is 12.2. The van der Waals surface area contributed by atoms with Crippen LogP contribution >= 0.6 is 15.9 Å². The summed E-state index contributed by atoms with van der Waals surface area (Å²) < 4.78 is 18.6. The average molecular weight is 370 g/mol. The van der Waals surface area contributed by atoms with E-state index in [-0.39, 0.29) is 23.5 Å². The van der Waals surface area contributed by atoms with Crippen LogP contribution in [0.5, 0.6) is 0 Å². The van der Waals surface area contributed by atoms with Gasteiger partial charge in [0.2, 0.25) is 0 Å². The Labute approximate surface area is 134 Å². The van der Waals surface area contributed by atoms with E-state index in [0.29, 0.717) is 5.76 Å². The van der Waals surface area contributed by atoms with Gasteiger partial charge in [-0.2, -0.15) is 0 Å². The molecule has 0 bridgehead atoms. The van der Waals surface area contributed by atoms with Crippen LogP contribution in [-0.2, 0) is 16.6 Å². The number of hydrogen-bond acceptors (Lipinski definition) is 3. The quantitative estimate of drug-likeness (QED) is 0.877. The van der Waals surface area contributed by atoms with E-state index in [4.69, 9.17) is 4.42 Å². The third-order valence-electron chi connectivity index (χ3n) is 2.66. The molecule has 0 aliphatic rings. The number of nitrogens with one attached hydrogen (secondary N) is 1. The second-order valence-electron chi connectivity index (χ2n) is 4.84. The highest BCUT2D eigenvalue weighted by Crippen LogP contribution is 2.17. The van der Waals surface area contributed by atoms with Gasteiger partial charge in [0.05, 0.1) is 16.6 Å². The van der Waals surface area contributed by atoms with Gasteiger partial charge in [0.1, 0.15) is 5.76 Å². The van der Waals surface area contributed by atoms with Gasteiger partial charge in [0.25, 0.3) is 5.91 Å². The van der Waals surface area contributed by atoms with Crippen molar-refractivity contribution in [2.24, 2.45) is 0 Å². The highest BCUT2D eigenvalue weighted by atomic mass is 79.9. The van der Waals surface area contributed by atoms with E-state index in [1.54, 1.807) is 24.3 Å². The van der Waals surface area contributed by atoms with Gasteiger partial charge in [-0.05, 0) is 50.2 Å². The summed E-state index contributed by atoms with van der Waals surface area (Å²) in [7, 11) is -1.20. The number of rotatable bonds is 5. The Kier molecular flexibility index (Phi) is 5.36. The Balaban J connectivity index is 2.03. The lowest BCUT2D eigenvalue weighted by molar-refractivity contribution is 0.0913. The van der Waals surface area contributed by atoms with Crippen molar-refractivity contribution in [1.29, 1.82) is 0 Å². The maximum absolute atomic E-state index is 12.2. The molecule has 1 atom stereocenters. The molecule has 21 heavy (non-hydrogen) atoms. The van der Waals surface area contributed by atoms with Crippen LogP contribution in [0.25, 0.3) is 0 Å². The predicted molar refractivity (Wildman–Crippen MR) is 85.6 cm³/mol. The van der Waals surface area contributed by atoms with Crippen molar-refractivity contribution in [2.75, 3.05) is 0 Å². The Bertz CT molecular complexity index is 649. The number of furan rings is 1. The molecule has 0 unspecified atom stereocenters. The first-order valence-electron chi connectivity index (χ1n) is 6.49. The highest BCUT2D eigenvalue weighted by Gasteiger charge is 2.14. The maximum Gasteiger partial charge on any atom is 0.287 e. The van der Waals surface area contributed by atoms with Gasteiger partial charge in [-0.1, -0.05) is 15.9 Å². The first kappa shape index (κ1) is 16.0. The number of benzene rings is 1. The number of amides is 1. The number of hydrogen-bond donors (Lipinski definition) is 1. The van der Waals surface area contributed by atoms with Gasteiger partial charge in [0.15, 0.2) is 5.76 Å². The fourth-order valence-electron chi connectivity index (χ4n) is 1.71. The summed E-state index contributed by atoms with van der Waals surface area (Å²) in [4.78, 5) is 12.5. The zero-order valence-corrected chi connectivity index (χ0v) is 14.2. The molecular formula is C15H16BrNO3S. The smallest absolute Gasteiger partial charge is 0.287 e. The molecule has 0 saturated heterocycles. The van der Waals surface area contributed by atoms with Crippen molar-refractivity contribution < 1.29 is 13.4 Å². The highest BCUT2D eigenvalue weighted by molar-refractivity contribution is 9.10. The molecule has 0 radical (unpaired) electrons. The molecule has 1 aromatic carbocycles. The molecule has 1 amide bonds. The molecule has 2 rings (SSSR count). The fourth-order valence-corrected chi connectivity index (χ4v) is 2.99. The molecule has 0 aliphatic carbocycles. The molecule has 2 aromatic rings. The zero-order chi connectivity index (χ0) is 15.4. The molecule has 0 spiro atoms. The Morgan fingerprint density at radius 2 is 1.90 bits per heavy atom. The van der Waals surface area contributed by atoms with E-state index in [1.807, 2.05) is 26.0 Å². The molecule has 0 saturated carbocycles. The van der Waals surface area contributed by atoms with Crippen LogP contribution in [0, 0.1) is 0 Å². The minimum absolute atomic E-state index is 0.0444. The first-order valence-corrected chi connectivity index (χ1v) is 8.60. The van der Waals surface area contributed by atoms with Crippen molar-refractivity contribution >= 4 is 32.6 Å². The van der Waals surface area contributed by atoms with Crippen molar-refractivity contribution in [1.82, 2.24) is 5.32 Å². The topological polar surface area (TPSA) is 59.3 Å². The summed E-state index contributed by atoms with van der Waals surface area (Å²) in [6.45, 7) is 3.76. The van der Waals surface area contributed by atoms with E-state index >= 15 is 0 Å². The van der Waals surface area contributed by atoms with E-state index in [0.717, 1.165) is 9.37 Å². The number of halogens is 1. The molecule has 6 heteroatoms. The number of carbonyl (C=O) groups excluding carboxylic acids is 1. The van der Waals surface area contributed by atoms with Crippen LogP contribution in [0.3, 0.4) is 0 Å². The summed E-state index contributed by atoms with van der Waals surface area (Å²) in [5.74, 6) is 0.763. The minimum Gasteiger partial charge on any atom is -0.455 e. The van der Waals surface area contributed by atoms with Crippen molar-refractivity contribution in [3.05, 3.63) is 52.4 Å².